The quantitative estimate of drug-likeness (QED) is 0.267. The fraction of sp³-hybridized carbons (Fsp3) is 0.240. The number of hydroxylamine groups is 2. The average molecular weight is 602 g/mol. The summed E-state index contributed by atoms with van der Waals surface area (Å²) < 4.78 is 15.0. The van der Waals surface area contributed by atoms with E-state index in [1.54, 1.807) is 25.1 Å². The number of nitrogens with one attached hydrogen (secondary N) is 2. The van der Waals surface area contributed by atoms with Crippen molar-refractivity contribution in [2.24, 2.45) is 0 Å². The van der Waals surface area contributed by atoms with Crippen molar-refractivity contribution in [1.29, 1.82) is 0 Å². The first-order valence-electron chi connectivity index (χ1n) is 11.9. The molecule has 2 heterocycles. The van der Waals surface area contributed by atoms with Gasteiger partial charge in [0.05, 0.1) is 23.4 Å². The average Bonchev–Trinajstić information content (AvgIpc) is 2.93. The molecule has 1 saturated heterocycles. The smallest absolute Gasteiger partial charge is 0.407 e. The molecule has 0 spiro atoms. The summed E-state index contributed by atoms with van der Waals surface area (Å²) in [6.07, 6.45) is 1.33. The van der Waals surface area contributed by atoms with Gasteiger partial charge in [-0.2, -0.15) is 5.06 Å². The van der Waals surface area contributed by atoms with Crippen LogP contribution in [0.4, 0.5) is 31.2 Å². The fourth-order valence-corrected chi connectivity index (χ4v) is 4.20. The lowest BCUT2D eigenvalue weighted by molar-refractivity contribution is -0.111. The van der Waals surface area contributed by atoms with Gasteiger partial charge in [0.2, 0.25) is 5.91 Å². The Bertz CT molecular complexity index is 1430. The molecule has 1 aliphatic heterocycles. The van der Waals surface area contributed by atoms with Crippen LogP contribution in [-0.4, -0.2) is 80.7 Å². The number of aromatic nitrogens is 2. The largest absolute Gasteiger partial charge is 0.465 e. The van der Waals surface area contributed by atoms with E-state index in [9.17, 15) is 18.8 Å². The van der Waals surface area contributed by atoms with Gasteiger partial charge in [-0.25, -0.2) is 23.9 Å². The third-order valence-electron chi connectivity index (χ3n) is 5.89. The highest BCUT2D eigenvalue weighted by Gasteiger charge is 2.28. The molecule has 0 aliphatic carbocycles. The molecule has 3 aromatic rings. The van der Waals surface area contributed by atoms with Crippen LogP contribution in [0.15, 0.2) is 53.8 Å². The number of amides is 4. The Morgan fingerprint density at radius 3 is 2.51 bits per heavy atom. The zero-order valence-electron chi connectivity index (χ0n) is 20.9. The molecule has 1 aromatic heterocycles. The molecule has 0 saturated carbocycles. The third-order valence-corrected chi connectivity index (χ3v) is 6.39. The molecule has 0 bridgehead atoms. The van der Waals surface area contributed by atoms with E-state index in [1.807, 2.05) is 0 Å². The van der Waals surface area contributed by atoms with Crippen LogP contribution in [0, 0.1) is 5.82 Å². The fourth-order valence-electron chi connectivity index (χ4n) is 3.86. The van der Waals surface area contributed by atoms with E-state index < -0.39 is 23.8 Å². The molecule has 4 amide bonds. The van der Waals surface area contributed by atoms with Crippen molar-refractivity contribution >= 4 is 62.1 Å². The van der Waals surface area contributed by atoms with Gasteiger partial charge in [-0.3, -0.25) is 4.79 Å². The zero-order valence-corrected chi connectivity index (χ0v) is 22.4. The number of carboxylic acid groups (broad SMARTS) is 1. The monoisotopic (exact) mass is 601 g/mol. The Labute approximate surface area is 231 Å². The molecule has 204 valence electrons. The molecule has 3 N–H and O–H groups in total. The van der Waals surface area contributed by atoms with Gasteiger partial charge in [0.15, 0.2) is 5.75 Å². The van der Waals surface area contributed by atoms with Crippen LogP contribution in [0.1, 0.15) is 6.92 Å². The first-order chi connectivity index (χ1) is 18.7. The Morgan fingerprint density at radius 2 is 1.87 bits per heavy atom. The number of hydrogen-bond acceptors (Lipinski definition) is 7. The molecule has 1 fully saturated rings. The number of halogens is 2. The van der Waals surface area contributed by atoms with Crippen LogP contribution in [0.2, 0.25) is 0 Å². The second-order valence-corrected chi connectivity index (χ2v) is 9.27. The van der Waals surface area contributed by atoms with Crippen molar-refractivity contribution in [2.45, 2.75) is 6.92 Å². The first-order valence-corrected chi connectivity index (χ1v) is 12.7. The maximum atomic E-state index is 14.5. The van der Waals surface area contributed by atoms with E-state index in [4.69, 9.17) is 9.94 Å². The van der Waals surface area contributed by atoms with E-state index >= 15 is 0 Å². The number of carbonyl (C=O) groups is 3. The van der Waals surface area contributed by atoms with Gasteiger partial charge in [-0.05, 0) is 37.3 Å². The van der Waals surface area contributed by atoms with Gasteiger partial charge in [0.25, 0.3) is 0 Å². The van der Waals surface area contributed by atoms with Crippen molar-refractivity contribution < 1.29 is 28.7 Å². The summed E-state index contributed by atoms with van der Waals surface area (Å²) in [5, 5.41) is 16.3. The second kappa shape index (κ2) is 11.9. The number of fused-ring (bicyclic) bond motifs is 1. The van der Waals surface area contributed by atoms with Crippen molar-refractivity contribution in [1.82, 2.24) is 24.8 Å². The molecule has 0 atom stereocenters. The van der Waals surface area contributed by atoms with Crippen LogP contribution in [0.3, 0.4) is 0 Å². The Kier molecular flexibility index (Phi) is 8.44. The standard InChI is InChI=1S/C25H25BrFN7O5/c1-3-22(35)30-20-12-16-19(28-14-29-23(16)31-18-6-5-15(26)11-17(18)27)13-21(20)39-34(4-2)24(36)32-7-9-33(10-8-32)25(37)38/h3,5-6,11-14H,1,4,7-10H2,2H3,(H,30,35)(H,37,38)(H,28,29,31). The molecule has 39 heavy (non-hydrogen) atoms. The third kappa shape index (κ3) is 6.34. The van der Waals surface area contributed by atoms with Crippen molar-refractivity contribution in [3.8, 4) is 5.75 Å². The molecular weight excluding hydrogens is 577 g/mol. The van der Waals surface area contributed by atoms with Crippen molar-refractivity contribution in [3.05, 3.63) is 59.6 Å². The van der Waals surface area contributed by atoms with Gasteiger partial charge >= 0.3 is 12.1 Å². The lowest BCUT2D eigenvalue weighted by Crippen LogP contribution is -2.54. The maximum Gasteiger partial charge on any atom is 0.407 e. The van der Waals surface area contributed by atoms with Crippen molar-refractivity contribution in [3.63, 3.8) is 0 Å². The number of carbonyl (C=O) groups excluding carboxylic acids is 2. The predicted molar refractivity (Wildman–Crippen MR) is 145 cm³/mol. The molecule has 14 heteroatoms. The normalized spacial score (nSPS) is 13.1. The Hall–Kier alpha value is -4.46. The van der Waals surface area contributed by atoms with Crippen LogP contribution in [0.25, 0.3) is 10.9 Å². The summed E-state index contributed by atoms with van der Waals surface area (Å²) in [6.45, 7) is 6.12. The molecular formula is C25H25BrFN7O5. The molecule has 0 radical (unpaired) electrons. The van der Waals surface area contributed by atoms with Crippen LogP contribution in [-0.2, 0) is 4.79 Å². The minimum atomic E-state index is -1.04. The maximum absolute atomic E-state index is 14.5. The van der Waals surface area contributed by atoms with Crippen molar-refractivity contribution in [2.75, 3.05) is 43.4 Å². The van der Waals surface area contributed by atoms with Gasteiger partial charge in [0.1, 0.15) is 18.0 Å². The number of nitrogens with zero attached hydrogens (tertiary/aromatic N) is 5. The van der Waals surface area contributed by atoms with Crippen LogP contribution < -0.4 is 15.5 Å². The number of hydrogen-bond donors (Lipinski definition) is 3. The highest BCUT2D eigenvalue weighted by atomic mass is 79.9. The zero-order chi connectivity index (χ0) is 28.1. The molecule has 1 aliphatic rings. The SMILES string of the molecule is C=CC(=O)Nc1cc2c(Nc3ccc(Br)cc3F)ncnc2cc1ON(CC)C(=O)N1CCN(C(=O)O)CC1. The summed E-state index contributed by atoms with van der Waals surface area (Å²) >= 11 is 3.23. The second-order valence-electron chi connectivity index (χ2n) is 8.36. The number of benzene rings is 2. The molecule has 0 unspecified atom stereocenters. The van der Waals surface area contributed by atoms with Gasteiger partial charge in [0, 0.05) is 42.1 Å². The summed E-state index contributed by atoms with van der Waals surface area (Å²) in [5.41, 5.74) is 0.777. The lowest BCUT2D eigenvalue weighted by Gasteiger charge is -2.35. The van der Waals surface area contributed by atoms with E-state index in [2.05, 4.69) is 43.1 Å². The Morgan fingerprint density at radius 1 is 1.15 bits per heavy atom. The van der Waals surface area contributed by atoms with Crippen LogP contribution >= 0.6 is 15.9 Å². The van der Waals surface area contributed by atoms with E-state index in [-0.39, 0.29) is 55.7 Å². The highest BCUT2D eigenvalue weighted by Crippen LogP contribution is 2.34. The van der Waals surface area contributed by atoms with Gasteiger partial charge in [-0.15, -0.1) is 0 Å². The minimum Gasteiger partial charge on any atom is -0.465 e. The number of urea groups is 1. The summed E-state index contributed by atoms with van der Waals surface area (Å²) in [6, 6.07) is 7.15. The van der Waals surface area contributed by atoms with E-state index in [1.165, 1.54) is 28.3 Å². The summed E-state index contributed by atoms with van der Waals surface area (Å²) in [4.78, 5) is 53.7. The molecule has 4 rings (SSSR count). The summed E-state index contributed by atoms with van der Waals surface area (Å²) in [5.74, 6) is -0.626. The summed E-state index contributed by atoms with van der Waals surface area (Å²) in [7, 11) is 0. The first kappa shape index (κ1) is 27.6. The van der Waals surface area contributed by atoms with Gasteiger partial charge < -0.3 is 30.4 Å². The predicted octanol–water partition coefficient (Wildman–Crippen LogP) is 4.43. The van der Waals surface area contributed by atoms with E-state index in [0.717, 1.165) is 11.1 Å². The lowest BCUT2D eigenvalue weighted by atomic mass is 10.2. The van der Waals surface area contributed by atoms with Crippen LogP contribution in [0.5, 0.6) is 5.75 Å². The van der Waals surface area contributed by atoms with E-state index in [0.29, 0.717) is 15.4 Å². The highest BCUT2D eigenvalue weighted by molar-refractivity contribution is 9.10. The Balaban J connectivity index is 1.65. The number of piperazine rings is 1. The molecule has 2 aromatic carbocycles. The number of anilines is 3. The molecule has 12 nitrogen and oxygen atoms in total. The minimum absolute atomic E-state index is 0.122. The van der Waals surface area contributed by atoms with Gasteiger partial charge in [-0.1, -0.05) is 22.5 Å². The topological polar surface area (TPSA) is 140 Å². The number of rotatable bonds is 7.